The van der Waals surface area contributed by atoms with Gasteiger partial charge < -0.3 is 24.6 Å². The molecule has 0 aromatic heterocycles. The Hall–Kier alpha value is -1.55. The number of ether oxygens (including phenoxy) is 2. The maximum Gasteiger partial charge on any atom is 0.472 e. The average Bonchev–Trinajstić information content (AvgIpc) is 3.14. The van der Waals surface area contributed by atoms with Crippen molar-refractivity contribution in [2.45, 2.75) is 206 Å². The highest BCUT2D eigenvalue weighted by atomic mass is 31.2. The van der Waals surface area contributed by atoms with E-state index in [0.29, 0.717) is 12.8 Å². The Labute approximate surface area is 323 Å². The van der Waals surface area contributed by atoms with Crippen molar-refractivity contribution >= 4 is 19.8 Å². The normalized spacial score (nSPS) is 14.1. The molecule has 53 heavy (non-hydrogen) atoms. The standard InChI is InChI=1S/C42H79O10P/c1-3-5-7-9-11-13-15-17-19-21-23-25-27-29-31-33-41(45)49-37-40(38-51-53(47,48)50-36-39(44)35-43)52-42(46)34-32-30-28-26-24-22-20-18-16-14-12-10-8-6-4-2/h13-16,39-40,43-44H,3-12,17-38H2,1-2H3,(H,47,48)/t39-,40+/m0/s1. The van der Waals surface area contributed by atoms with Gasteiger partial charge in [-0.3, -0.25) is 18.6 Å². The zero-order valence-electron chi connectivity index (χ0n) is 33.7. The first-order valence-corrected chi connectivity index (χ1v) is 22.8. The first-order valence-electron chi connectivity index (χ1n) is 21.3. The van der Waals surface area contributed by atoms with Crippen molar-refractivity contribution in [3.8, 4) is 0 Å². The summed E-state index contributed by atoms with van der Waals surface area (Å²) in [5.41, 5.74) is 0. The lowest BCUT2D eigenvalue weighted by atomic mass is 10.1. The first kappa shape index (κ1) is 51.5. The lowest BCUT2D eigenvalue weighted by molar-refractivity contribution is -0.161. The predicted octanol–water partition coefficient (Wildman–Crippen LogP) is 11.0. The van der Waals surface area contributed by atoms with Crippen LogP contribution < -0.4 is 0 Å². The van der Waals surface area contributed by atoms with Crippen LogP contribution in [0.25, 0.3) is 0 Å². The number of carbonyl (C=O) groups is 2. The number of allylic oxidation sites excluding steroid dienone is 4. The molecule has 0 aromatic carbocycles. The van der Waals surface area contributed by atoms with Crippen LogP contribution in [0, 0.1) is 0 Å². The summed E-state index contributed by atoms with van der Waals surface area (Å²) in [7, 11) is -4.61. The fourth-order valence-electron chi connectivity index (χ4n) is 5.75. The molecule has 0 heterocycles. The third-order valence-electron chi connectivity index (χ3n) is 9.08. The molecule has 0 spiro atoms. The second-order valence-electron chi connectivity index (χ2n) is 14.4. The molecule has 312 valence electrons. The summed E-state index contributed by atoms with van der Waals surface area (Å²) >= 11 is 0. The molecule has 0 aliphatic heterocycles. The van der Waals surface area contributed by atoms with Crippen LogP contribution in [-0.2, 0) is 32.7 Å². The van der Waals surface area contributed by atoms with Crippen LogP contribution in [-0.4, -0.2) is 65.7 Å². The van der Waals surface area contributed by atoms with Gasteiger partial charge in [0.2, 0.25) is 0 Å². The van der Waals surface area contributed by atoms with Gasteiger partial charge in [-0.05, 0) is 64.2 Å². The molecule has 0 amide bonds. The molecule has 3 N–H and O–H groups in total. The molecular formula is C42H79O10P. The Morgan fingerprint density at radius 1 is 0.547 bits per heavy atom. The van der Waals surface area contributed by atoms with Crippen molar-refractivity contribution in [3.63, 3.8) is 0 Å². The molecule has 0 fully saturated rings. The van der Waals surface area contributed by atoms with E-state index in [9.17, 15) is 24.2 Å². The minimum absolute atomic E-state index is 0.180. The SMILES string of the molecule is CCCCCCC=CCCCCCCCCCC(=O)OC[C@H](COP(=O)(O)OC[C@@H](O)CO)OC(=O)CCCCCCCCCC=CCCCCCC. The summed E-state index contributed by atoms with van der Waals surface area (Å²) < 4.78 is 32.7. The minimum Gasteiger partial charge on any atom is -0.462 e. The van der Waals surface area contributed by atoms with E-state index >= 15 is 0 Å². The van der Waals surface area contributed by atoms with E-state index < -0.39 is 51.8 Å². The van der Waals surface area contributed by atoms with Crippen molar-refractivity contribution in [2.24, 2.45) is 0 Å². The van der Waals surface area contributed by atoms with Gasteiger partial charge in [-0.2, -0.15) is 0 Å². The van der Waals surface area contributed by atoms with E-state index in [1.807, 2.05) is 0 Å². The lowest BCUT2D eigenvalue weighted by Gasteiger charge is -2.20. The third kappa shape index (κ3) is 38.5. The van der Waals surface area contributed by atoms with Gasteiger partial charge >= 0.3 is 19.8 Å². The quantitative estimate of drug-likeness (QED) is 0.0238. The molecule has 11 heteroatoms. The number of hydrogen-bond donors (Lipinski definition) is 3. The summed E-state index contributed by atoms with van der Waals surface area (Å²) in [6, 6.07) is 0. The fourth-order valence-corrected chi connectivity index (χ4v) is 6.54. The van der Waals surface area contributed by atoms with Gasteiger partial charge in [0.15, 0.2) is 6.10 Å². The van der Waals surface area contributed by atoms with Gasteiger partial charge in [-0.1, -0.05) is 141 Å². The highest BCUT2D eigenvalue weighted by molar-refractivity contribution is 7.47. The molecule has 0 saturated carbocycles. The van der Waals surface area contributed by atoms with Crippen molar-refractivity contribution in [3.05, 3.63) is 24.3 Å². The van der Waals surface area contributed by atoms with Crippen LogP contribution in [0.1, 0.15) is 194 Å². The minimum atomic E-state index is -4.61. The largest absolute Gasteiger partial charge is 0.472 e. The molecule has 0 aliphatic carbocycles. The van der Waals surface area contributed by atoms with Crippen molar-refractivity contribution in [2.75, 3.05) is 26.4 Å². The van der Waals surface area contributed by atoms with E-state index in [0.717, 1.165) is 51.4 Å². The number of rotatable bonds is 40. The molecule has 10 nitrogen and oxygen atoms in total. The van der Waals surface area contributed by atoms with Gasteiger partial charge in [-0.25, -0.2) is 4.57 Å². The van der Waals surface area contributed by atoms with Crippen LogP contribution in [0.2, 0.25) is 0 Å². The molecule has 0 rings (SSSR count). The molecule has 0 aromatic rings. The Kier molecular flexibility index (Phi) is 37.6. The van der Waals surface area contributed by atoms with E-state index in [1.54, 1.807) is 0 Å². The highest BCUT2D eigenvalue weighted by Crippen LogP contribution is 2.43. The maximum absolute atomic E-state index is 12.6. The number of esters is 2. The molecule has 3 atom stereocenters. The van der Waals surface area contributed by atoms with Crippen LogP contribution >= 0.6 is 7.82 Å². The summed E-state index contributed by atoms with van der Waals surface area (Å²) in [6.07, 6.45) is 37.1. The third-order valence-corrected chi connectivity index (χ3v) is 10.0. The Bertz CT molecular complexity index is 941. The zero-order valence-corrected chi connectivity index (χ0v) is 34.6. The number of phosphoric acid groups is 1. The van der Waals surface area contributed by atoms with Gasteiger partial charge in [0.25, 0.3) is 0 Å². The van der Waals surface area contributed by atoms with Gasteiger partial charge in [-0.15, -0.1) is 0 Å². The number of phosphoric ester groups is 1. The fraction of sp³-hybridized carbons (Fsp3) is 0.857. The predicted molar refractivity (Wildman–Crippen MR) is 215 cm³/mol. The number of aliphatic hydroxyl groups excluding tert-OH is 2. The highest BCUT2D eigenvalue weighted by Gasteiger charge is 2.27. The summed E-state index contributed by atoms with van der Waals surface area (Å²) in [5, 5.41) is 18.3. The van der Waals surface area contributed by atoms with Crippen molar-refractivity contribution < 1.29 is 47.8 Å². The van der Waals surface area contributed by atoms with Crippen molar-refractivity contribution in [1.82, 2.24) is 0 Å². The van der Waals surface area contributed by atoms with Crippen LogP contribution in [0.15, 0.2) is 24.3 Å². The number of carbonyl (C=O) groups excluding carboxylic acids is 2. The van der Waals surface area contributed by atoms with Gasteiger partial charge in [0.05, 0.1) is 19.8 Å². The number of hydrogen-bond acceptors (Lipinski definition) is 9. The monoisotopic (exact) mass is 775 g/mol. The summed E-state index contributed by atoms with van der Waals surface area (Å²) in [5.74, 6) is -0.931. The van der Waals surface area contributed by atoms with Gasteiger partial charge in [0, 0.05) is 12.8 Å². The van der Waals surface area contributed by atoms with E-state index in [1.165, 1.54) is 103 Å². The average molecular weight is 775 g/mol. The molecule has 0 radical (unpaired) electrons. The molecule has 0 bridgehead atoms. The summed E-state index contributed by atoms with van der Waals surface area (Å²) in [6.45, 7) is 2.35. The lowest BCUT2D eigenvalue weighted by Crippen LogP contribution is -2.29. The second kappa shape index (κ2) is 38.7. The zero-order chi connectivity index (χ0) is 39.1. The smallest absolute Gasteiger partial charge is 0.462 e. The Balaban J connectivity index is 4.31. The first-order chi connectivity index (χ1) is 25.7. The molecule has 1 unspecified atom stereocenters. The number of unbranched alkanes of at least 4 members (excludes halogenated alkanes) is 22. The van der Waals surface area contributed by atoms with E-state index in [-0.39, 0.29) is 19.4 Å². The topological polar surface area (TPSA) is 149 Å². The van der Waals surface area contributed by atoms with E-state index in [2.05, 4.69) is 42.7 Å². The van der Waals surface area contributed by atoms with E-state index in [4.69, 9.17) is 19.1 Å². The molecule has 0 aliphatic rings. The second-order valence-corrected chi connectivity index (χ2v) is 15.8. The summed E-state index contributed by atoms with van der Waals surface area (Å²) in [4.78, 5) is 34.9. The number of aliphatic hydroxyl groups is 2. The van der Waals surface area contributed by atoms with Crippen molar-refractivity contribution in [1.29, 1.82) is 0 Å². The van der Waals surface area contributed by atoms with Gasteiger partial charge in [0.1, 0.15) is 12.7 Å². The Morgan fingerprint density at radius 3 is 1.36 bits per heavy atom. The van der Waals surface area contributed by atoms with Crippen LogP contribution in [0.5, 0.6) is 0 Å². The molecular weight excluding hydrogens is 695 g/mol. The molecule has 0 saturated heterocycles. The van der Waals surface area contributed by atoms with Crippen LogP contribution in [0.4, 0.5) is 0 Å². The van der Waals surface area contributed by atoms with Crippen LogP contribution in [0.3, 0.4) is 0 Å². The maximum atomic E-state index is 12.6. The Morgan fingerprint density at radius 2 is 0.925 bits per heavy atom.